The van der Waals surface area contributed by atoms with E-state index in [1.54, 1.807) is 0 Å². The van der Waals surface area contributed by atoms with E-state index in [-0.39, 0.29) is 18.5 Å². The molecule has 82 heavy (non-hydrogen) atoms. The maximum absolute atomic E-state index is 12.5. The van der Waals surface area contributed by atoms with Gasteiger partial charge >= 0.3 is 5.97 Å². The van der Waals surface area contributed by atoms with E-state index in [1.807, 2.05) is 0 Å². The van der Waals surface area contributed by atoms with Gasteiger partial charge in [-0.05, 0) is 77.0 Å². The van der Waals surface area contributed by atoms with Gasteiger partial charge in [0.15, 0.2) is 0 Å². The smallest absolute Gasteiger partial charge is 0.305 e. The van der Waals surface area contributed by atoms with Crippen LogP contribution in [0, 0.1) is 0 Å². The Morgan fingerprint density at radius 2 is 0.573 bits per heavy atom. The first-order valence-electron chi connectivity index (χ1n) is 37.6. The quantitative estimate of drug-likeness (QED) is 0.0320. The Labute approximate surface area is 513 Å². The number of carbonyl (C=O) groups excluding carboxylic acids is 2. The number of carbonyl (C=O) groups is 2. The highest BCUT2D eigenvalue weighted by molar-refractivity contribution is 5.76. The van der Waals surface area contributed by atoms with Crippen LogP contribution in [0.3, 0.4) is 0 Å². The number of aliphatic hydroxyl groups excluding tert-OH is 2. The lowest BCUT2D eigenvalue weighted by atomic mass is 10.0. The monoisotopic (exact) mass is 1150 g/mol. The molecule has 6 heteroatoms. The summed E-state index contributed by atoms with van der Waals surface area (Å²) in [6, 6.07) is -0.539. The third kappa shape index (κ3) is 67.5. The van der Waals surface area contributed by atoms with Crippen molar-refractivity contribution in [3.05, 3.63) is 24.3 Å². The molecule has 0 saturated heterocycles. The number of esters is 1. The zero-order chi connectivity index (χ0) is 59.2. The lowest BCUT2D eigenvalue weighted by Gasteiger charge is -2.22. The second-order valence-electron chi connectivity index (χ2n) is 26.0. The fraction of sp³-hybridized carbons (Fsp3) is 0.921. The van der Waals surface area contributed by atoms with Crippen LogP contribution in [0.1, 0.15) is 425 Å². The van der Waals surface area contributed by atoms with Crippen LogP contribution in [-0.4, -0.2) is 47.4 Å². The molecule has 0 bridgehead atoms. The maximum atomic E-state index is 12.5. The van der Waals surface area contributed by atoms with Crippen molar-refractivity contribution in [1.29, 1.82) is 0 Å². The first kappa shape index (κ1) is 80.3. The Morgan fingerprint density at radius 1 is 0.329 bits per heavy atom. The summed E-state index contributed by atoms with van der Waals surface area (Å²) in [6.45, 7) is 4.97. The number of rotatable bonds is 71. The highest BCUT2D eigenvalue weighted by Crippen LogP contribution is 2.19. The maximum Gasteiger partial charge on any atom is 0.305 e. The fourth-order valence-corrected chi connectivity index (χ4v) is 12.0. The summed E-state index contributed by atoms with van der Waals surface area (Å²) in [4.78, 5) is 24.6. The molecule has 0 spiro atoms. The van der Waals surface area contributed by atoms with Crippen molar-refractivity contribution in [2.45, 2.75) is 437 Å². The molecule has 0 aromatic rings. The summed E-state index contributed by atoms with van der Waals surface area (Å²) >= 11 is 0. The molecule has 0 aromatic carbocycles. The van der Waals surface area contributed by atoms with Gasteiger partial charge in [0.05, 0.1) is 25.4 Å². The van der Waals surface area contributed by atoms with Gasteiger partial charge in [-0.1, -0.05) is 359 Å². The average Bonchev–Trinajstić information content (AvgIpc) is 3.48. The molecule has 3 N–H and O–H groups in total. The minimum absolute atomic E-state index is 0.0107. The van der Waals surface area contributed by atoms with Gasteiger partial charge in [-0.2, -0.15) is 0 Å². The highest BCUT2D eigenvalue weighted by atomic mass is 16.5. The molecule has 0 fully saturated rings. The standard InChI is InChI=1S/C76H147NO5/c1-3-5-7-9-11-13-15-17-18-19-39-42-45-48-52-56-60-64-68-74(79)73(72-78)77-75(80)69-65-61-57-53-49-46-43-40-37-35-33-31-29-27-25-23-21-20-22-24-26-28-30-32-34-36-38-41-44-47-51-55-59-63-67-71-82-76(81)70-66-62-58-54-50-16-14-12-10-8-6-4-2/h12,14,22,24,73-74,78-79H,3-11,13,15-21,23,25-72H2,1-2H3,(H,77,80)/b14-12-,24-22-. The minimum atomic E-state index is -0.662. The third-order valence-corrected chi connectivity index (χ3v) is 17.7. The average molecular weight is 1160 g/mol. The third-order valence-electron chi connectivity index (χ3n) is 17.7. The Balaban J connectivity index is 3.34. The Morgan fingerprint density at radius 3 is 0.890 bits per heavy atom. The van der Waals surface area contributed by atoms with Crippen LogP contribution >= 0.6 is 0 Å². The summed E-state index contributed by atoms with van der Waals surface area (Å²) in [6.07, 6.45) is 91.1. The van der Waals surface area contributed by atoms with Crippen molar-refractivity contribution >= 4 is 11.9 Å². The predicted molar refractivity (Wildman–Crippen MR) is 361 cm³/mol. The molecule has 6 nitrogen and oxygen atoms in total. The van der Waals surface area contributed by atoms with Crippen molar-refractivity contribution in [2.24, 2.45) is 0 Å². The van der Waals surface area contributed by atoms with E-state index >= 15 is 0 Å². The van der Waals surface area contributed by atoms with Crippen molar-refractivity contribution in [3.8, 4) is 0 Å². The second-order valence-corrected chi connectivity index (χ2v) is 26.0. The summed E-state index contributed by atoms with van der Waals surface area (Å²) in [5, 5.41) is 23.4. The zero-order valence-corrected chi connectivity index (χ0v) is 55.8. The van der Waals surface area contributed by atoms with Crippen LogP contribution in [0.25, 0.3) is 0 Å². The molecule has 0 rings (SSSR count). The summed E-state index contributed by atoms with van der Waals surface area (Å²) in [5.74, 6) is -0.0164. The van der Waals surface area contributed by atoms with E-state index in [4.69, 9.17) is 4.74 Å². The van der Waals surface area contributed by atoms with Crippen molar-refractivity contribution in [1.82, 2.24) is 5.32 Å². The summed E-state index contributed by atoms with van der Waals surface area (Å²) < 4.78 is 5.48. The van der Waals surface area contributed by atoms with Crippen molar-refractivity contribution in [2.75, 3.05) is 13.2 Å². The van der Waals surface area contributed by atoms with Crippen LogP contribution in [-0.2, 0) is 14.3 Å². The normalized spacial score (nSPS) is 12.6. The summed E-state index contributed by atoms with van der Waals surface area (Å²) in [5.41, 5.74) is 0. The van der Waals surface area contributed by atoms with Crippen molar-refractivity contribution < 1.29 is 24.5 Å². The second kappa shape index (κ2) is 71.8. The molecule has 0 aliphatic carbocycles. The van der Waals surface area contributed by atoms with Crippen molar-refractivity contribution in [3.63, 3.8) is 0 Å². The van der Waals surface area contributed by atoms with Gasteiger partial charge in [0.2, 0.25) is 5.91 Å². The zero-order valence-electron chi connectivity index (χ0n) is 55.8. The number of allylic oxidation sites excluding steroid dienone is 4. The van der Waals surface area contributed by atoms with Gasteiger partial charge in [0.25, 0.3) is 0 Å². The van der Waals surface area contributed by atoms with Gasteiger partial charge in [-0.3, -0.25) is 9.59 Å². The Bertz CT molecular complexity index is 1280. The lowest BCUT2D eigenvalue weighted by molar-refractivity contribution is -0.143. The van der Waals surface area contributed by atoms with E-state index < -0.39 is 12.1 Å². The molecule has 486 valence electrons. The molecule has 0 heterocycles. The molecule has 0 saturated carbocycles. The topological polar surface area (TPSA) is 95.9 Å². The highest BCUT2D eigenvalue weighted by Gasteiger charge is 2.20. The van der Waals surface area contributed by atoms with E-state index in [2.05, 4.69) is 43.5 Å². The summed E-state index contributed by atoms with van der Waals surface area (Å²) in [7, 11) is 0. The van der Waals surface area contributed by atoms with Crippen LogP contribution in [0.15, 0.2) is 24.3 Å². The largest absolute Gasteiger partial charge is 0.466 e. The SMILES string of the molecule is CCCCC/C=C\CCCCCCCC(=O)OCCCCCCCCCCCCCCCC/C=C\CCCCCCCCCCCCCCCCCCCC(=O)NC(CO)C(O)CCCCCCCCCCCCCCCCCCCC. The van der Waals surface area contributed by atoms with Crippen LogP contribution < -0.4 is 5.32 Å². The minimum Gasteiger partial charge on any atom is -0.466 e. The number of amides is 1. The van der Waals surface area contributed by atoms with E-state index in [1.165, 1.54) is 347 Å². The molecule has 0 radical (unpaired) electrons. The number of ether oxygens (including phenoxy) is 1. The Kier molecular flexibility index (Phi) is 70.4. The first-order valence-corrected chi connectivity index (χ1v) is 37.6. The first-order chi connectivity index (χ1) is 40.5. The predicted octanol–water partition coefficient (Wildman–Crippen LogP) is 24.5. The molecular formula is C76H147NO5. The molecule has 0 aliphatic heterocycles. The molecule has 2 atom stereocenters. The van der Waals surface area contributed by atoms with Crippen LogP contribution in [0.2, 0.25) is 0 Å². The Hall–Kier alpha value is -1.66. The molecule has 1 amide bonds. The molecule has 2 unspecified atom stereocenters. The van der Waals surface area contributed by atoms with Crippen LogP contribution in [0.5, 0.6) is 0 Å². The van der Waals surface area contributed by atoms with Gasteiger partial charge in [-0.15, -0.1) is 0 Å². The molecule has 0 aliphatic rings. The van der Waals surface area contributed by atoms with E-state index in [9.17, 15) is 19.8 Å². The van der Waals surface area contributed by atoms with Gasteiger partial charge < -0.3 is 20.3 Å². The number of hydrogen-bond acceptors (Lipinski definition) is 5. The lowest BCUT2D eigenvalue weighted by Crippen LogP contribution is -2.45. The van der Waals surface area contributed by atoms with Crippen LogP contribution in [0.4, 0.5) is 0 Å². The van der Waals surface area contributed by atoms with E-state index in [0.717, 1.165) is 44.9 Å². The van der Waals surface area contributed by atoms with E-state index in [0.29, 0.717) is 25.9 Å². The van der Waals surface area contributed by atoms with Gasteiger partial charge in [-0.25, -0.2) is 0 Å². The van der Waals surface area contributed by atoms with Gasteiger partial charge in [0.1, 0.15) is 0 Å². The number of unbranched alkanes of at least 4 members (excludes halogenated alkanes) is 56. The molecule has 0 aromatic heterocycles. The van der Waals surface area contributed by atoms with Gasteiger partial charge in [0, 0.05) is 12.8 Å². The number of nitrogens with one attached hydrogen (secondary N) is 1. The number of aliphatic hydroxyl groups is 2. The molecular weight excluding hydrogens is 1010 g/mol. The number of hydrogen-bond donors (Lipinski definition) is 3. The fourth-order valence-electron chi connectivity index (χ4n) is 12.0.